The largest absolute Gasteiger partial charge is 0.392 e. The molecule has 3 nitrogen and oxygen atoms in total. The Morgan fingerprint density at radius 2 is 1.23 bits per heavy atom. The van der Waals surface area contributed by atoms with Crippen LogP contribution in [0.25, 0.3) is 21.8 Å². The number of hydrogen-bond acceptors (Lipinski definition) is 3. The van der Waals surface area contributed by atoms with Gasteiger partial charge in [0.25, 0.3) is 0 Å². The summed E-state index contributed by atoms with van der Waals surface area (Å²) in [5.41, 5.74) is 6.05. The van der Waals surface area contributed by atoms with E-state index in [1.807, 2.05) is 68.4 Å². The average molecular weight is 365 g/mol. The van der Waals surface area contributed by atoms with Crippen LogP contribution >= 0.6 is 11.6 Å². The zero-order chi connectivity index (χ0) is 18.5. The van der Waals surface area contributed by atoms with Crippen LogP contribution in [-0.4, -0.2) is 15.1 Å². The van der Waals surface area contributed by atoms with E-state index in [0.717, 1.165) is 44.3 Å². The van der Waals surface area contributed by atoms with Crippen molar-refractivity contribution in [3.8, 4) is 0 Å². The summed E-state index contributed by atoms with van der Waals surface area (Å²) in [6.07, 6.45) is 0. The van der Waals surface area contributed by atoms with Gasteiger partial charge in [-0.25, -0.2) is 0 Å². The fourth-order valence-corrected chi connectivity index (χ4v) is 3.25. The van der Waals surface area contributed by atoms with Gasteiger partial charge >= 0.3 is 0 Å². The van der Waals surface area contributed by atoms with Gasteiger partial charge < -0.3 is 5.11 Å². The zero-order valence-electron chi connectivity index (χ0n) is 14.9. The average Bonchev–Trinajstić information content (AvgIpc) is 2.67. The normalized spacial score (nSPS) is 10.6. The van der Waals surface area contributed by atoms with E-state index in [2.05, 4.69) is 16.0 Å². The first-order valence-corrected chi connectivity index (χ1v) is 9.03. The molecule has 2 heterocycles. The van der Waals surface area contributed by atoms with Crippen molar-refractivity contribution in [1.82, 2.24) is 9.97 Å². The lowest BCUT2D eigenvalue weighted by Crippen LogP contribution is -1.91. The maximum Gasteiger partial charge on any atom is 0.0708 e. The van der Waals surface area contributed by atoms with Gasteiger partial charge in [0.05, 0.1) is 17.6 Å². The van der Waals surface area contributed by atoms with E-state index in [4.69, 9.17) is 16.7 Å². The fourth-order valence-electron chi connectivity index (χ4n) is 3.03. The number of aliphatic hydroxyl groups excluding tert-OH is 1. The number of aryl methyl sites for hydroxylation is 2. The number of hydrogen-bond donors (Lipinski definition) is 1. The summed E-state index contributed by atoms with van der Waals surface area (Å²) in [6, 6.07) is 19.9. The minimum atomic E-state index is 0.0733. The number of rotatable bonds is 2. The summed E-state index contributed by atoms with van der Waals surface area (Å²) in [6.45, 7) is 4.00. The minimum absolute atomic E-state index is 0.0733. The van der Waals surface area contributed by atoms with E-state index in [1.165, 1.54) is 0 Å². The molecule has 132 valence electrons. The number of fused-ring (bicyclic) bond motifs is 2. The molecule has 0 amide bonds. The third-order valence-corrected chi connectivity index (χ3v) is 4.46. The van der Waals surface area contributed by atoms with Gasteiger partial charge in [-0.15, -0.1) is 11.6 Å². The number of benzene rings is 2. The molecule has 0 saturated carbocycles. The molecule has 26 heavy (non-hydrogen) atoms. The summed E-state index contributed by atoms with van der Waals surface area (Å²) in [5.74, 6) is 0.546. The topological polar surface area (TPSA) is 46.0 Å². The summed E-state index contributed by atoms with van der Waals surface area (Å²) in [7, 11) is 0. The molecular weight excluding hydrogens is 344 g/mol. The molecule has 0 fully saturated rings. The Kier molecular flexibility index (Phi) is 5.82. The van der Waals surface area contributed by atoms with Crippen LogP contribution in [0.2, 0.25) is 0 Å². The van der Waals surface area contributed by atoms with Crippen molar-refractivity contribution in [2.24, 2.45) is 0 Å². The smallest absolute Gasteiger partial charge is 0.0708 e. The molecule has 0 spiro atoms. The van der Waals surface area contributed by atoms with Crippen LogP contribution in [0.1, 0.15) is 22.5 Å². The highest BCUT2D eigenvalue weighted by Gasteiger charge is 2.02. The van der Waals surface area contributed by atoms with Gasteiger partial charge in [-0.05, 0) is 49.2 Å². The van der Waals surface area contributed by atoms with Gasteiger partial charge in [0.1, 0.15) is 0 Å². The van der Waals surface area contributed by atoms with E-state index in [0.29, 0.717) is 5.88 Å². The van der Waals surface area contributed by atoms with E-state index in [-0.39, 0.29) is 6.61 Å². The van der Waals surface area contributed by atoms with E-state index in [9.17, 15) is 0 Å². The second-order valence-corrected chi connectivity index (χ2v) is 6.44. The van der Waals surface area contributed by atoms with Crippen molar-refractivity contribution in [2.45, 2.75) is 26.3 Å². The SMILES string of the molecule is Cc1cc(CCl)c2ccccc2n1.Cc1cc(CO)c2ccccc2n1. The molecule has 0 aliphatic carbocycles. The lowest BCUT2D eigenvalue weighted by Gasteiger charge is -2.04. The van der Waals surface area contributed by atoms with Crippen LogP contribution < -0.4 is 0 Å². The van der Waals surface area contributed by atoms with Crippen LogP contribution in [0.5, 0.6) is 0 Å². The predicted octanol–water partition coefficient (Wildman–Crippen LogP) is 5.32. The highest BCUT2D eigenvalue weighted by atomic mass is 35.5. The van der Waals surface area contributed by atoms with E-state index < -0.39 is 0 Å². The molecule has 2 aromatic heterocycles. The molecule has 0 radical (unpaired) electrons. The van der Waals surface area contributed by atoms with Crippen molar-refractivity contribution in [1.29, 1.82) is 0 Å². The van der Waals surface area contributed by atoms with Crippen LogP contribution in [0, 0.1) is 13.8 Å². The van der Waals surface area contributed by atoms with Gasteiger partial charge in [0.15, 0.2) is 0 Å². The Labute approximate surface area is 158 Å². The molecule has 4 aromatic rings. The molecule has 4 heteroatoms. The van der Waals surface area contributed by atoms with E-state index in [1.54, 1.807) is 0 Å². The first kappa shape index (κ1) is 18.3. The van der Waals surface area contributed by atoms with Crippen LogP contribution in [0.15, 0.2) is 60.7 Å². The molecule has 1 N–H and O–H groups in total. The molecule has 0 bridgehead atoms. The number of aromatic nitrogens is 2. The number of para-hydroxylation sites is 2. The third-order valence-electron chi connectivity index (χ3n) is 4.17. The summed E-state index contributed by atoms with van der Waals surface area (Å²) in [5, 5.41) is 11.3. The molecule has 0 saturated heterocycles. The zero-order valence-corrected chi connectivity index (χ0v) is 15.7. The quantitative estimate of drug-likeness (QED) is 0.490. The maximum atomic E-state index is 9.13. The van der Waals surface area contributed by atoms with Crippen molar-refractivity contribution >= 4 is 33.4 Å². The minimum Gasteiger partial charge on any atom is -0.392 e. The van der Waals surface area contributed by atoms with Crippen molar-refractivity contribution in [2.75, 3.05) is 0 Å². The number of aliphatic hydroxyl groups is 1. The standard InChI is InChI=1S/C11H10ClN.C11H11NO/c1-8-6-9(7-12)10-4-2-3-5-11(10)13-8;1-8-6-9(7-13)10-4-2-3-5-11(10)12-8/h2-6H,7H2,1H3;2-6,13H,7H2,1H3. The van der Waals surface area contributed by atoms with Crippen LogP contribution in [0.4, 0.5) is 0 Å². The number of alkyl halides is 1. The Balaban J connectivity index is 0.000000151. The number of halogens is 1. The lowest BCUT2D eigenvalue weighted by atomic mass is 10.1. The van der Waals surface area contributed by atoms with Crippen LogP contribution in [0.3, 0.4) is 0 Å². The van der Waals surface area contributed by atoms with Crippen LogP contribution in [-0.2, 0) is 12.5 Å². The first-order valence-electron chi connectivity index (χ1n) is 8.49. The Bertz CT molecular complexity index is 961. The van der Waals surface area contributed by atoms with E-state index >= 15 is 0 Å². The fraction of sp³-hybridized carbons (Fsp3) is 0.182. The van der Waals surface area contributed by atoms with Crippen molar-refractivity contribution < 1.29 is 5.11 Å². The van der Waals surface area contributed by atoms with Gasteiger partial charge in [-0.2, -0.15) is 0 Å². The second kappa shape index (κ2) is 8.26. The monoisotopic (exact) mass is 364 g/mol. The first-order chi connectivity index (χ1) is 12.6. The highest BCUT2D eigenvalue weighted by molar-refractivity contribution is 6.18. The molecule has 0 unspecified atom stereocenters. The van der Waals surface area contributed by atoms with Gasteiger partial charge in [-0.1, -0.05) is 36.4 Å². The predicted molar refractivity (Wildman–Crippen MR) is 108 cm³/mol. The van der Waals surface area contributed by atoms with Crippen molar-refractivity contribution in [3.05, 3.63) is 83.2 Å². The number of pyridine rings is 2. The van der Waals surface area contributed by atoms with Gasteiger partial charge in [0.2, 0.25) is 0 Å². The third kappa shape index (κ3) is 4.01. The highest BCUT2D eigenvalue weighted by Crippen LogP contribution is 2.19. The Morgan fingerprint density at radius 3 is 1.73 bits per heavy atom. The Morgan fingerprint density at radius 1 is 0.769 bits per heavy atom. The molecule has 2 aromatic carbocycles. The van der Waals surface area contributed by atoms with Gasteiger partial charge in [0, 0.05) is 28.0 Å². The summed E-state index contributed by atoms with van der Waals surface area (Å²) >= 11 is 5.85. The summed E-state index contributed by atoms with van der Waals surface area (Å²) < 4.78 is 0. The number of nitrogens with zero attached hydrogens (tertiary/aromatic N) is 2. The molecule has 0 aliphatic heterocycles. The summed E-state index contributed by atoms with van der Waals surface area (Å²) in [4.78, 5) is 8.80. The Hall–Kier alpha value is -2.49. The molecule has 0 atom stereocenters. The maximum absolute atomic E-state index is 9.13. The van der Waals surface area contributed by atoms with Gasteiger partial charge in [-0.3, -0.25) is 9.97 Å². The molecule has 4 rings (SSSR count). The molecular formula is C22H21ClN2O. The lowest BCUT2D eigenvalue weighted by molar-refractivity contribution is 0.283. The van der Waals surface area contributed by atoms with Crippen molar-refractivity contribution in [3.63, 3.8) is 0 Å². The molecule has 0 aliphatic rings. The second-order valence-electron chi connectivity index (χ2n) is 6.17.